The van der Waals surface area contributed by atoms with E-state index in [0.29, 0.717) is 6.10 Å². The van der Waals surface area contributed by atoms with Crippen molar-refractivity contribution in [3.8, 4) is 0 Å². The smallest absolute Gasteiger partial charge is 0.0854 e. The van der Waals surface area contributed by atoms with Gasteiger partial charge in [-0.2, -0.15) is 0 Å². The van der Waals surface area contributed by atoms with E-state index in [1.807, 2.05) is 7.11 Å². The first-order valence-electron chi connectivity index (χ1n) is 6.00. The van der Waals surface area contributed by atoms with Crippen molar-refractivity contribution in [2.75, 3.05) is 7.11 Å². The highest BCUT2D eigenvalue weighted by atomic mass is 16.5. The predicted octanol–water partition coefficient (Wildman–Crippen LogP) is 3.35. The molecule has 1 nitrogen and oxygen atoms in total. The molecule has 1 aromatic rings. The van der Waals surface area contributed by atoms with Crippen LogP contribution in [0.2, 0.25) is 0 Å². The topological polar surface area (TPSA) is 9.23 Å². The summed E-state index contributed by atoms with van der Waals surface area (Å²) in [4.78, 5) is 0. The van der Waals surface area contributed by atoms with Gasteiger partial charge in [0.15, 0.2) is 0 Å². The minimum absolute atomic E-state index is 0.363. The molecule has 15 heavy (non-hydrogen) atoms. The minimum atomic E-state index is 0.363. The monoisotopic (exact) mass is 202 g/mol. The van der Waals surface area contributed by atoms with E-state index in [4.69, 9.17) is 4.74 Å². The summed E-state index contributed by atoms with van der Waals surface area (Å²) in [6.07, 6.45) is 5.79. The maximum Gasteiger partial charge on any atom is 0.0854 e. The molecular formula is C14H18O. The van der Waals surface area contributed by atoms with Crippen molar-refractivity contribution in [3.63, 3.8) is 0 Å². The standard InChI is InChI=1S/C14H18O/c1-15-14-12-7-3-2-5-10(12)9-11-6-4-8-13(11)14/h2-3,5,7,11,13-14H,4,6,8-9H2,1H3/t11-,13-,14+/m0/s1. The van der Waals surface area contributed by atoms with E-state index in [2.05, 4.69) is 24.3 Å². The Labute approximate surface area is 91.5 Å². The molecule has 1 fully saturated rings. The fourth-order valence-electron chi connectivity index (χ4n) is 3.53. The summed E-state index contributed by atoms with van der Waals surface area (Å²) in [5.41, 5.74) is 2.97. The summed E-state index contributed by atoms with van der Waals surface area (Å²) in [6.45, 7) is 0. The third-order valence-electron chi connectivity index (χ3n) is 4.20. The molecular weight excluding hydrogens is 184 g/mol. The van der Waals surface area contributed by atoms with E-state index < -0.39 is 0 Å². The number of benzene rings is 1. The lowest BCUT2D eigenvalue weighted by Crippen LogP contribution is -2.26. The zero-order valence-electron chi connectivity index (χ0n) is 9.28. The van der Waals surface area contributed by atoms with Crippen molar-refractivity contribution in [1.29, 1.82) is 0 Å². The van der Waals surface area contributed by atoms with Crippen LogP contribution in [0.1, 0.15) is 36.5 Å². The fourth-order valence-corrected chi connectivity index (χ4v) is 3.53. The molecule has 0 radical (unpaired) electrons. The van der Waals surface area contributed by atoms with Crippen molar-refractivity contribution >= 4 is 0 Å². The SMILES string of the molecule is CO[C@@H]1c2ccccc2C[C@@H]2CCC[C@@H]21. The van der Waals surface area contributed by atoms with Crippen molar-refractivity contribution in [1.82, 2.24) is 0 Å². The molecule has 1 heteroatoms. The van der Waals surface area contributed by atoms with Crippen LogP contribution in [0.3, 0.4) is 0 Å². The maximum atomic E-state index is 5.73. The zero-order chi connectivity index (χ0) is 10.3. The highest BCUT2D eigenvalue weighted by Crippen LogP contribution is 2.48. The van der Waals surface area contributed by atoms with Crippen LogP contribution >= 0.6 is 0 Å². The lowest BCUT2D eigenvalue weighted by Gasteiger charge is -2.34. The molecule has 0 amide bonds. The number of hydrogen-bond donors (Lipinski definition) is 0. The van der Waals surface area contributed by atoms with Gasteiger partial charge in [-0.05, 0) is 42.2 Å². The van der Waals surface area contributed by atoms with Crippen LogP contribution in [0.4, 0.5) is 0 Å². The van der Waals surface area contributed by atoms with Gasteiger partial charge in [0, 0.05) is 7.11 Å². The molecule has 3 atom stereocenters. The van der Waals surface area contributed by atoms with Crippen molar-refractivity contribution in [3.05, 3.63) is 35.4 Å². The Morgan fingerprint density at radius 1 is 1.20 bits per heavy atom. The highest BCUT2D eigenvalue weighted by molar-refractivity contribution is 5.33. The van der Waals surface area contributed by atoms with Crippen LogP contribution in [0, 0.1) is 11.8 Å². The van der Waals surface area contributed by atoms with Gasteiger partial charge < -0.3 is 4.74 Å². The van der Waals surface area contributed by atoms with Gasteiger partial charge in [0.25, 0.3) is 0 Å². The molecule has 2 aliphatic carbocycles. The summed E-state index contributed by atoms with van der Waals surface area (Å²) in [5.74, 6) is 1.66. The maximum absolute atomic E-state index is 5.73. The number of fused-ring (bicyclic) bond motifs is 2. The molecule has 0 bridgehead atoms. The second-order valence-electron chi connectivity index (χ2n) is 4.91. The van der Waals surface area contributed by atoms with Crippen LogP contribution in [0.15, 0.2) is 24.3 Å². The van der Waals surface area contributed by atoms with Crippen LogP contribution < -0.4 is 0 Å². The Hall–Kier alpha value is -0.820. The van der Waals surface area contributed by atoms with Gasteiger partial charge in [-0.1, -0.05) is 30.7 Å². The largest absolute Gasteiger partial charge is 0.376 e. The Morgan fingerprint density at radius 3 is 2.93 bits per heavy atom. The molecule has 3 rings (SSSR count). The zero-order valence-corrected chi connectivity index (χ0v) is 9.28. The van der Waals surface area contributed by atoms with E-state index >= 15 is 0 Å². The Bertz CT molecular complexity index is 358. The average molecular weight is 202 g/mol. The summed E-state index contributed by atoms with van der Waals surface area (Å²) in [7, 11) is 1.86. The van der Waals surface area contributed by atoms with Gasteiger partial charge >= 0.3 is 0 Å². The number of methoxy groups -OCH3 is 1. The Kier molecular flexibility index (Phi) is 2.28. The Balaban J connectivity index is 2.03. The van der Waals surface area contributed by atoms with Crippen molar-refractivity contribution in [2.24, 2.45) is 11.8 Å². The van der Waals surface area contributed by atoms with Crippen molar-refractivity contribution < 1.29 is 4.74 Å². The van der Waals surface area contributed by atoms with E-state index in [0.717, 1.165) is 11.8 Å². The molecule has 0 N–H and O–H groups in total. The average Bonchev–Trinajstić information content (AvgIpc) is 2.73. The molecule has 0 saturated heterocycles. The van der Waals surface area contributed by atoms with E-state index in [1.165, 1.54) is 36.8 Å². The number of rotatable bonds is 1. The molecule has 0 aromatic heterocycles. The summed E-state index contributed by atoms with van der Waals surface area (Å²) < 4.78 is 5.73. The van der Waals surface area contributed by atoms with Gasteiger partial charge in [-0.3, -0.25) is 0 Å². The van der Waals surface area contributed by atoms with Crippen LogP contribution in [0.25, 0.3) is 0 Å². The molecule has 0 heterocycles. The summed E-state index contributed by atoms with van der Waals surface area (Å²) >= 11 is 0. The molecule has 80 valence electrons. The number of ether oxygens (including phenoxy) is 1. The van der Waals surface area contributed by atoms with Gasteiger partial charge in [0.05, 0.1) is 6.10 Å². The molecule has 0 aliphatic heterocycles. The molecule has 1 saturated carbocycles. The second kappa shape index (κ2) is 3.64. The van der Waals surface area contributed by atoms with Gasteiger partial charge in [-0.25, -0.2) is 0 Å². The van der Waals surface area contributed by atoms with E-state index in [1.54, 1.807) is 0 Å². The lowest BCUT2D eigenvalue weighted by molar-refractivity contribution is 0.0265. The van der Waals surface area contributed by atoms with Gasteiger partial charge in [0.2, 0.25) is 0 Å². The first-order chi connectivity index (χ1) is 7.40. The third kappa shape index (κ3) is 1.41. The summed E-state index contributed by atoms with van der Waals surface area (Å²) in [6, 6.07) is 8.81. The fraction of sp³-hybridized carbons (Fsp3) is 0.571. The van der Waals surface area contributed by atoms with E-state index in [-0.39, 0.29) is 0 Å². The summed E-state index contributed by atoms with van der Waals surface area (Å²) in [5, 5.41) is 0. The quantitative estimate of drug-likeness (QED) is 0.678. The van der Waals surface area contributed by atoms with Crippen molar-refractivity contribution in [2.45, 2.75) is 31.8 Å². The molecule has 2 aliphatic rings. The second-order valence-corrected chi connectivity index (χ2v) is 4.91. The highest BCUT2D eigenvalue weighted by Gasteiger charge is 2.39. The molecule has 0 spiro atoms. The Morgan fingerprint density at radius 2 is 2.07 bits per heavy atom. The van der Waals surface area contributed by atoms with Gasteiger partial charge in [0.1, 0.15) is 0 Å². The van der Waals surface area contributed by atoms with Gasteiger partial charge in [-0.15, -0.1) is 0 Å². The third-order valence-corrected chi connectivity index (χ3v) is 4.20. The van der Waals surface area contributed by atoms with Crippen LogP contribution in [-0.4, -0.2) is 7.11 Å². The normalized spacial score (nSPS) is 33.5. The molecule has 0 unspecified atom stereocenters. The lowest BCUT2D eigenvalue weighted by atomic mass is 9.76. The van der Waals surface area contributed by atoms with Crippen LogP contribution in [-0.2, 0) is 11.2 Å². The first kappa shape index (κ1) is 9.41. The number of hydrogen-bond acceptors (Lipinski definition) is 1. The molecule has 1 aromatic carbocycles. The minimum Gasteiger partial charge on any atom is -0.376 e. The van der Waals surface area contributed by atoms with Crippen LogP contribution in [0.5, 0.6) is 0 Å². The first-order valence-corrected chi connectivity index (χ1v) is 6.00. The van der Waals surface area contributed by atoms with E-state index in [9.17, 15) is 0 Å². The predicted molar refractivity (Wildman–Crippen MR) is 60.7 cm³/mol.